The second kappa shape index (κ2) is 5.38. The lowest BCUT2D eigenvalue weighted by molar-refractivity contribution is -0.0612. The van der Waals surface area contributed by atoms with Gasteiger partial charge in [-0.1, -0.05) is 24.4 Å². The molecule has 0 spiro atoms. The maximum atomic E-state index is 11.2. The van der Waals surface area contributed by atoms with Crippen molar-refractivity contribution in [3.05, 3.63) is 28.8 Å². The molecule has 20 heavy (non-hydrogen) atoms. The predicted molar refractivity (Wildman–Crippen MR) is 80.6 cm³/mol. The number of hydrogen-bond acceptors (Lipinski definition) is 3. The molecule has 1 aromatic carbocycles. The summed E-state index contributed by atoms with van der Waals surface area (Å²) in [6.07, 6.45) is 5.97. The summed E-state index contributed by atoms with van der Waals surface area (Å²) in [5.74, 6) is 0.309. The number of fused-ring (bicyclic) bond motifs is 1. The van der Waals surface area contributed by atoms with E-state index in [-0.39, 0.29) is 0 Å². The maximum Gasteiger partial charge on any atom is 0.152 e. The van der Waals surface area contributed by atoms with Crippen LogP contribution in [0, 0.1) is 5.92 Å². The zero-order valence-corrected chi connectivity index (χ0v) is 12.3. The first-order valence-corrected chi connectivity index (χ1v) is 7.72. The number of carbonyl (C=O) groups is 1. The molecule has 1 aliphatic heterocycles. The van der Waals surface area contributed by atoms with Crippen LogP contribution >= 0.6 is 11.6 Å². The monoisotopic (exact) mass is 293 g/mol. The molecule has 108 valence electrons. The van der Waals surface area contributed by atoms with Crippen molar-refractivity contribution < 1.29 is 9.90 Å². The van der Waals surface area contributed by atoms with Gasteiger partial charge in [-0.15, -0.1) is 0 Å². The Labute approximate surface area is 124 Å². The largest absolute Gasteiger partial charge is 0.389 e. The van der Waals surface area contributed by atoms with E-state index in [0.29, 0.717) is 16.5 Å². The minimum Gasteiger partial charge on any atom is -0.389 e. The van der Waals surface area contributed by atoms with Crippen molar-refractivity contribution in [1.29, 1.82) is 0 Å². The van der Waals surface area contributed by atoms with Gasteiger partial charge in [0.15, 0.2) is 6.29 Å². The van der Waals surface area contributed by atoms with E-state index >= 15 is 0 Å². The quantitative estimate of drug-likeness (QED) is 0.851. The third-order valence-corrected chi connectivity index (χ3v) is 5.12. The highest BCUT2D eigenvalue weighted by Gasteiger charge is 2.42. The fourth-order valence-corrected chi connectivity index (χ4v) is 3.85. The molecule has 2 aliphatic rings. The Balaban J connectivity index is 1.86. The van der Waals surface area contributed by atoms with Crippen molar-refractivity contribution in [3.63, 3.8) is 0 Å². The molecular formula is C16H20ClNO2. The normalized spacial score (nSPS) is 29.9. The molecule has 4 heteroatoms. The molecule has 0 aromatic heterocycles. The first-order valence-electron chi connectivity index (χ1n) is 7.34. The summed E-state index contributed by atoms with van der Waals surface area (Å²) in [6, 6.07) is 5.38. The Hall–Kier alpha value is -1.06. The van der Waals surface area contributed by atoms with E-state index in [2.05, 4.69) is 4.90 Å². The average Bonchev–Trinajstić information content (AvgIpc) is 2.46. The molecule has 1 aliphatic carbocycles. The topological polar surface area (TPSA) is 40.5 Å². The smallest absolute Gasteiger partial charge is 0.152 e. The van der Waals surface area contributed by atoms with E-state index in [9.17, 15) is 9.90 Å². The van der Waals surface area contributed by atoms with Gasteiger partial charge in [-0.05, 0) is 37.5 Å². The molecule has 0 bridgehead atoms. The van der Waals surface area contributed by atoms with E-state index in [1.807, 2.05) is 6.07 Å². The molecule has 1 aromatic rings. The average molecular weight is 294 g/mol. The zero-order chi connectivity index (χ0) is 14.2. The molecule has 2 fully saturated rings. The van der Waals surface area contributed by atoms with E-state index in [1.165, 1.54) is 6.42 Å². The number of halogens is 1. The van der Waals surface area contributed by atoms with Gasteiger partial charge in [-0.25, -0.2) is 0 Å². The fraction of sp³-hybridized carbons (Fsp3) is 0.562. The highest BCUT2D eigenvalue weighted by Crippen LogP contribution is 2.41. The molecule has 0 amide bonds. The van der Waals surface area contributed by atoms with Gasteiger partial charge in [0.1, 0.15) is 0 Å². The SMILES string of the molecule is O=Cc1ccc(Cl)cc1N1CCC2(O)CCCCC2C1. The van der Waals surface area contributed by atoms with Crippen LogP contribution in [-0.4, -0.2) is 30.1 Å². The molecule has 1 saturated heterocycles. The second-order valence-corrected chi connectivity index (χ2v) is 6.50. The number of rotatable bonds is 2. The number of nitrogens with zero attached hydrogens (tertiary/aromatic N) is 1. The van der Waals surface area contributed by atoms with Crippen LogP contribution in [0.3, 0.4) is 0 Å². The van der Waals surface area contributed by atoms with Crippen molar-refractivity contribution in [1.82, 2.24) is 0 Å². The number of carbonyl (C=O) groups excluding carboxylic acids is 1. The third-order valence-electron chi connectivity index (χ3n) is 4.89. The minimum atomic E-state index is -0.491. The van der Waals surface area contributed by atoms with Crippen molar-refractivity contribution in [2.24, 2.45) is 5.92 Å². The molecule has 3 nitrogen and oxygen atoms in total. The summed E-state index contributed by atoms with van der Waals surface area (Å²) in [5, 5.41) is 11.4. The Morgan fingerprint density at radius 3 is 3.00 bits per heavy atom. The number of benzene rings is 1. The van der Waals surface area contributed by atoms with E-state index in [1.54, 1.807) is 12.1 Å². The highest BCUT2D eigenvalue weighted by atomic mass is 35.5. The number of anilines is 1. The van der Waals surface area contributed by atoms with Crippen LogP contribution in [0.25, 0.3) is 0 Å². The first-order chi connectivity index (χ1) is 9.62. The van der Waals surface area contributed by atoms with Crippen LogP contribution in [0.4, 0.5) is 5.69 Å². The summed E-state index contributed by atoms with van der Waals surface area (Å²) in [4.78, 5) is 13.4. The first kappa shape index (κ1) is 13.9. The lowest BCUT2D eigenvalue weighted by Gasteiger charge is -2.48. The van der Waals surface area contributed by atoms with Gasteiger partial charge >= 0.3 is 0 Å². The van der Waals surface area contributed by atoms with Gasteiger partial charge in [0, 0.05) is 35.3 Å². The standard InChI is InChI=1S/C16H20ClNO2/c17-14-5-4-12(11-19)15(9-14)18-8-7-16(20)6-2-1-3-13(16)10-18/h4-5,9,11,13,20H,1-3,6-8,10H2. The van der Waals surface area contributed by atoms with Gasteiger partial charge in [0.25, 0.3) is 0 Å². The molecule has 1 heterocycles. The summed E-state index contributed by atoms with van der Waals surface area (Å²) in [5.41, 5.74) is 1.09. The van der Waals surface area contributed by atoms with Gasteiger partial charge in [-0.2, -0.15) is 0 Å². The second-order valence-electron chi connectivity index (χ2n) is 6.06. The predicted octanol–water partition coefficient (Wildman–Crippen LogP) is 3.28. The van der Waals surface area contributed by atoms with Crippen molar-refractivity contribution in [2.75, 3.05) is 18.0 Å². The third kappa shape index (κ3) is 2.45. The Morgan fingerprint density at radius 1 is 1.35 bits per heavy atom. The molecule has 1 saturated carbocycles. The molecule has 2 unspecified atom stereocenters. The van der Waals surface area contributed by atoms with Crippen LogP contribution in [-0.2, 0) is 0 Å². The Kier molecular flexibility index (Phi) is 3.74. The van der Waals surface area contributed by atoms with Crippen molar-refractivity contribution in [2.45, 2.75) is 37.7 Å². The van der Waals surface area contributed by atoms with Crippen molar-refractivity contribution >= 4 is 23.6 Å². The number of aldehydes is 1. The van der Waals surface area contributed by atoms with Crippen LogP contribution in [0.1, 0.15) is 42.5 Å². The van der Waals surface area contributed by atoms with Crippen LogP contribution in [0.2, 0.25) is 5.02 Å². The van der Waals surface area contributed by atoms with Gasteiger partial charge in [0.2, 0.25) is 0 Å². The van der Waals surface area contributed by atoms with Gasteiger partial charge < -0.3 is 10.0 Å². The molecule has 2 atom stereocenters. The van der Waals surface area contributed by atoms with Crippen LogP contribution < -0.4 is 4.90 Å². The van der Waals surface area contributed by atoms with E-state index < -0.39 is 5.60 Å². The molecular weight excluding hydrogens is 274 g/mol. The number of piperidine rings is 1. The molecule has 3 rings (SSSR count). The van der Waals surface area contributed by atoms with Crippen LogP contribution in [0.15, 0.2) is 18.2 Å². The van der Waals surface area contributed by atoms with Crippen LogP contribution in [0.5, 0.6) is 0 Å². The Bertz CT molecular complexity index is 519. The van der Waals surface area contributed by atoms with E-state index in [4.69, 9.17) is 11.6 Å². The van der Waals surface area contributed by atoms with Gasteiger partial charge in [0.05, 0.1) is 5.60 Å². The van der Waals surface area contributed by atoms with Gasteiger partial charge in [-0.3, -0.25) is 4.79 Å². The van der Waals surface area contributed by atoms with E-state index in [0.717, 1.165) is 50.7 Å². The lowest BCUT2D eigenvalue weighted by atomic mass is 9.71. The fourth-order valence-electron chi connectivity index (χ4n) is 3.68. The molecule has 0 radical (unpaired) electrons. The molecule has 1 N–H and O–H groups in total. The summed E-state index contributed by atoms with van der Waals surface area (Å²) < 4.78 is 0. The highest BCUT2D eigenvalue weighted by molar-refractivity contribution is 6.31. The summed E-state index contributed by atoms with van der Waals surface area (Å²) in [7, 11) is 0. The minimum absolute atomic E-state index is 0.309. The maximum absolute atomic E-state index is 11.2. The lowest BCUT2D eigenvalue weighted by Crippen LogP contribution is -2.53. The van der Waals surface area contributed by atoms with Crippen molar-refractivity contribution in [3.8, 4) is 0 Å². The number of hydrogen-bond donors (Lipinski definition) is 1. The summed E-state index contributed by atoms with van der Waals surface area (Å²) >= 11 is 6.07. The zero-order valence-electron chi connectivity index (χ0n) is 11.5. The number of aliphatic hydroxyl groups is 1. The summed E-state index contributed by atoms with van der Waals surface area (Å²) in [6.45, 7) is 1.60. The Morgan fingerprint density at radius 2 is 2.20 bits per heavy atom.